The minimum absolute atomic E-state index is 0.239. The monoisotopic (exact) mass is 288 g/mol. The molecule has 6 heteroatoms. The molecule has 2 rings (SSSR count). The smallest absolute Gasteiger partial charge is 0.409 e. The molecule has 0 atom stereocenters. The van der Waals surface area contributed by atoms with Gasteiger partial charge in [0.05, 0.1) is 18.2 Å². The third kappa shape index (κ3) is 4.09. The average Bonchev–Trinajstić information content (AvgIpc) is 2.47. The lowest BCUT2D eigenvalue weighted by Crippen LogP contribution is -2.42. The van der Waals surface area contributed by atoms with E-state index in [1.165, 1.54) is 0 Å². The van der Waals surface area contributed by atoms with Gasteiger partial charge in [-0.2, -0.15) is 5.26 Å². The molecular formula is C15H20N4O2. The molecule has 0 radical (unpaired) electrons. The molecule has 0 aliphatic carbocycles. The molecule has 0 bridgehead atoms. The van der Waals surface area contributed by atoms with E-state index in [0.29, 0.717) is 25.3 Å². The van der Waals surface area contributed by atoms with Crippen LogP contribution >= 0.6 is 0 Å². The first-order valence-corrected chi connectivity index (χ1v) is 7.19. The zero-order valence-electron chi connectivity index (χ0n) is 12.4. The number of aryl methyl sites for hydroxylation is 1. The summed E-state index contributed by atoms with van der Waals surface area (Å²) in [5.41, 5.74) is 1.43. The maximum Gasteiger partial charge on any atom is 0.409 e. The second kappa shape index (κ2) is 6.93. The Kier molecular flexibility index (Phi) is 4.99. The topological polar surface area (TPSA) is 78.2 Å². The Bertz CT molecular complexity index is 545. The van der Waals surface area contributed by atoms with Gasteiger partial charge in [-0.3, -0.25) is 0 Å². The SMILES string of the molecule is CCOC(=O)N1CCC(Nc2cc(C#N)cc(C)n2)CC1. The number of pyridine rings is 1. The van der Waals surface area contributed by atoms with Crippen LogP contribution in [0, 0.1) is 18.3 Å². The fraction of sp³-hybridized carbons (Fsp3) is 0.533. The minimum Gasteiger partial charge on any atom is -0.450 e. The number of rotatable bonds is 3. The molecule has 1 N–H and O–H groups in total. The van der Waals surface area contributed by atoms with E-state index in [2.05, 4.69) is 16.4 Å². The number of carbonyl (C=O) groups excluding carboxylic acids is 1. The maximum absolute atomic E-state index is 11.6. The maximum atomic E-state index is 11.6. The number of piperidine rings is 1. The van der Waals surface area contributed by atoms with E-state index in [1.54, 1.807) is 17.0 Å². The van der Waals surface area contributed by atoms with Crippen molar-refractivity contribution in [2.24, 2.45) is 0 Å². The van der Waals surface area contributed by atoms with Crippen LogP contribution in [-0.2, 0) is 4.74 Å². The van der Waals surface area contributed by atoms with Gasteiger partial charge in [-0.15, -0.1) is 0 Å². The fourth-order valence-corrected chi connectivity index (χ4v) is 2.44. The number of amides is 1. The van der Waals surface area contributed by atoms with E-state index >= 15 is 0 Å². The van der Waals surface area contributed by atoms with E-state index < -0.39 is 0 Å². The van der Waals surface area contributed by atoms with E-state index in [-0.39, 0.29) is 12.1 Å². The molecule has 1 aliphatic rings. The van der Waals surface area contributed by atoms with Crippen LogP contribution in [0.15, 0.2) is 12.1 Å². The predicted octanol–water partition coefficient (Wildman–Crippen LogP) is 2.29. The molecule has 6 nitrogen and oxygen atoms in total. The van der Waals surface area contributed by atoms with Gasteiger partial charge in [0, 0.05) is 24.8 Å². The number of likely N-dealkylation sites (tertiary alicyclic amines) is 1. The summed E-state index contributed by atoms with van der Waals surface area (Å²) in [4.78, 5) is 17.7. The number of nitrogens with one attached hydrogen (secondary N) is 1. The molecule has 1 aromatic rings. The molecule has 2 heterocycles. The van der Waals surface area contributed by atoms with E-state index in [0.717, 1.165) is 24.4 Å². The third-order valence-corrected chi connectivity index (χ3v) is 3.46. The van der Waals surface area contributed by atoms with Crippen LogP contribution in [0.5, 0.6) is 0 Å². The molecule has 1 aliphatic heterocycles. The largest absolute Gasteiger partial charge is 0.450 e. The number of hydrogen-bond donors (Lipinski definition) is 1. The van der Waals surface area contributed by atoms with Gasteiger partial charge in [0.2, 0.25) is 0 Å². The number of anilines is 1. The van der Waals surface area contributed by atoms with Gasteiger partial charge in [-0.25, -0.2) is 9.78 Å². The summed E-state index contributed by atoms with van der Waals surface area (Å²) >= 11 is 0. The highest BCUT2D eigenvalue weighted by Crippen LogP contribution is 2.17. The zero-order valence-corrected chi connectivity index (χ0v) is 12.4. The first-order valence-electron chi connectivity index (χ1n) is 7.19. The molecule has 0 saturated carbocycles. The zero-order chi connectivity index (χ0) is 15.2. The molecule has 21 heavy (non-hydrogen) atoms. The van der Waals surface area contributed by atoms with Crippen LogP contribution in [0.1, 0.15) is 31.0 Å². The molecule has 112 valence electrons. The Balaban J connectivity index is 1.90. The van der Waals surface area contributed by atoms with Crippen molar-refractivity contribution in [1.82, 2.24) is 9.88 Å². The van der Waals surface area contributed by atoms with E-state index in [4.69, 9.17) is 10.00 Å². The average molecular weight is 288 g/mol. The number of ether oxygens (including phenoxy) is 1. The van der Waals surface area contributed by atoms with Crippen molar-refractivity contribution in [1.29, 1.82) is 5.26 Å². The van der Waals surface area contributed by atoms with Crippen molar-refractivity contribution in [3.8, 4) is 6.07 Å². The van der Waals surface area contributed by atoms with Crippen molar-refractivity contribution in [3.63, 3.8) is 0 Å². The lowest BCUT2D eigenvalue weighted by Gasteiger charge is -2.31. The Hall–Kier alpha value is -2.29. The molecule has 1 fully saturated rings. The summed E-state index contributed by atoms with van der Waals surface area (Å²) in [6, 6.07) is 5.91. The van der Waals surface area contributed by atoms with Gasteiger partial charge >= 0.3 is 6.09 Å². The van der Waals surface area contributed by atoms with Crippen LogP contribution < -0.4 is 5.32 Å². The summed E-state index contributed by atoms with van der Waals surface area (Å²) in [6.07, 6.45) is 1.45. The van der Waals surface area contributed by atoms with E-state index in [1.807, 2.05) is 13.8 Å². The van der Waals surface area contributed by atoms with Crippen LogP contribution in [0.25, 0.3) is 0 Å². The highest BCUT2D eigenvalue weighted by molar-refractivity contribution is 5.67. The Morgan fingerprint density at radius 3 is 2.86 bits per heavy atom. The molecule has 1 saturated heterocycles. The van der Waals surface area contributed by atoms with Gasteiger partial charge in [0.1, 0.15) is 5.82 Å². The molecule has 0 aromatic carbocycles. The van der Waals surface area contributed by atoms with Crippen molar-refractivity contribution in [2.45, 2.75) is 32.7 Å². The Morgan fingerprint density at radius 2 is 2.24 bits per heavy atom. The predicted molar refractivity (Wildman–Crippen MR) is 78.9 cm³/mol. The van der Waals surface area contributed by atoms with Crippen molar-refractivity contribution < 1.29 is 9.53 Å². The lowest BCUT2D eigenvalue weighted by molar-refractivity contribution is 0.0983. The number of nitrogens with zero attached hydrogens (tertiary/aromatic N) is 3. The summed E-state index contributed by atoms with van der Waals surface area (Å²) in [6.45, 7) is 5.43. The number of nitriles is 1. The molecular weight excluding hydrogens is 268 g/mol. The summed E-state index contributed by atoms with van der Waals surface area (Å²) < 4.78 is 5.00. The van der Waals surface area contributed by atoms with Gasteiger partial charge in [-0.05, 0) is 38.8 Å². The lowest BCUT2D eigenvalue weighted by atomic mass is 10.1. The van der Waals surface area contributed by atoms with E-state index in [9.17, 15) is 4.79 Å². The molecule has 1 aromatic heterocycles. The first kappa shape index (κ1) is 15.1. The van der Waals surface area contributed by atoms with Gasteiger partial charge < -0.3 is 15.0 Å². The summed E-state index contributed by atoms with van der Waals surface area (Å²) in [7, 11) is 0. The summed E-state index contributed by atoms with van der Waals surface area (Å²) in [5.74, 6) is 0.723. The highest BCUT2D eigenvalue weighted by atomic mass is 16.6. The van der Waals surface area contributed by atoms with Crippen LogP contribution in [0.2, 0.25) is 0 Å². The summed E-state index contributed by atoms with van der Waals surface area (Å²) in [5, 5.41) is 12.3. The quantitative estimate of drug-likeness (QED) is 0.923. The molecule has 0 spiro atoms. The second-order valence-corrected chi connectivity index (χ2v) is 5.10. The van der Waals surface area contributed by atoms with Crippen molar-refractivity contribution in [3.05, 3.63) is 23.4 Å². The normalized spacial score (nSPS) is 15.4. The van der Waals surface area contributed by atoms with Crippen molar-refractivity contribution >= 4 is 11.9 Å². The Labute approximate surface area is 124 Å². The van der Waals surface area contributed by atoms with Gasteiger partial charge in [0.25, 0.3) is 0 Å². The van der Waals surface area contributed by atoms with Crippen LogP contribution in [0.4, 0.5) is 10.6 Å². The van der Waals surface area contributed by atoms with Crippen LogP contribution in [0.3, 0.4) is 0 Å². The second-order valence-electron chi connectivity index (χ2n) is 5.10. The number of aromatic nitrogens is 1. The standard InChI is InChI=1S/C15H20N4O2/c1-3-21-15(20)19-6-4-13(5-7-19)18-14-9-12(10-16)8-11(2)17-14/h8-9,13H,3-7H2,1-2H3,(H,17,18). The molecule has 1 amide bonds. The Morgan fingerprint density at radius 1 is 1.52 bits per heavy atom. The van der Waals surface area contributed by atoms with Gasteiger partial charge in [0.15, 0.2) is 0 Å². The number of hydrogen-bond acceptors (Lipinski definition) is 5. The number of carbonyl (C=O) groups is 1. The van der Waals surface area contributed by atoms with Crippen LogP contribution in [-0.4, -0.2) is 41.7 Å². The first-order chi connectivity index (χ1) is 10.1. The fourth-order valence-electron chi connectivity index (χ4n) is 2.44. The minimum atomic E-state index is -0.239. The molecule has 0 unspecified atom stereocenters. The van der Waals surface area contributed by atoms with Gasteiger partial charge in [-0.1, -0.05) is 0 Å². The highest BCUT2D eigenvalue weighted by Gasteiger charge is 2.23. The third-order valence-electron chi connectivity index (χ3n) is 3.46. The van der Waals surface area contributed by atoms with Crippen molar-refractivity contribution in [2.75, 3.05) is 25.0 Å².